The van der Waals surface area contributed by atoms with Crippen LogP contribution in [0.1, 0.15) is 35.2 Å². The Bertz CT molecular complexity index is 1210. The number of aryl methyl sites for hydroxylation is 2. The molecule has 13 heteroatoms. The van der Waals surface area contributed by atoms with E-state index in [1.165, 1.54) is 6.20 Å². The quantitative estimate of drug-likeness (QED) is 0.563. The number of rotatable bonds is 6. The van der Waals surface area contributed by atoms with Gasteiger partial charge in [0.15, 0.2) is 0 Å². The van der Waals surface area contributed by atoms with Gasteiger partial charge in [-0.2, -0.15) is 28.6 Å². The van der Waals surface area contributed by atoms with E-state index in [-0.39, 0.29) is 12.1 Å². The maximum absolute atomic E-state index is 12.7. The van der Waals surface area contributed by atoms with Gasteiger partial charge in [0.25, 0.3) is 5.91 Å². The molecule has 1 atom stereocenters. The molecule has 1 saturated heterocycles. The number of carbonyl (C=O) groups is 1. The van der Waals surface area contributed by atoms with E-state index in [2.05, 4.69) is 31.3 Å². The molecule has 3 aromatic heterocycles. The van der Waals surface area contributed by atoms with Crippen LogP contribution >= 0.6 is 0 Å². The Labute approximate surface area is 192 Å². The molecule has 0 spiro atoms. The normalized spacial score (nSPS) is 16.0. The summed E-state index contributed by atoms with van der Waals surface area (Å²) in [5.41, 5.74) is 2.85. The summed E-state index contributed by atoms with van der Waals surface area (Å²) in [6.45, 7) is 5.53. The van der Waals surface area contributed by atoms with Crippen LogP contribution in [0.5, 0.6) is 0 Å². The number of hydrogen-bond acceptors (Lipinski definition) is 7. The zero-order chi connectivity index (χ0) is 24.7. The number of amides is 1. The van der Waals surface area contributed by atoms with E-state index in [1.807, 2.05) is 30.3 Å². The van der Waals surface area contributed by atoms with Gasteiger partial charge in [0.2, 0.25) is 0 Å². The first-order valence-corrected chi connectivity index (χ1v) is 10.4. The third-order valence-electron chi connectivity index (χ3n) is 5.90. The zero-order valence-electron chi connectivity index (χ0n) is 18.7. The van der Waals surface area contributed by atoms with E-state index in [0.29, 0.717) is 18.9 Å². The lowest BCUT2D eigenvalue weighted by Crippen LogP contribution is -2.63. The molecule has 1 aliphatic rings. The van der Waals surface area contributed by atoms with Crippen molar-refractivity contribution in [1.29, 1.82) is 5.26 Å². The van der Waals surface area contributed by atoms with Gasteiger partial charge in [-0.05, 0) is 20.8 Å². The molecule has 0 bridgehead atoms. The van der Waals surface area contributed by atoms with Crippen LogP contribution in [0.3, 0.4) is 0 Å². The number of alkyl halides is 3. The standard InChI is InChI=1S/C21H22F3N9O/c1-12-18(13(2)31-30-12)15-6-28-33(9-15)20(4-5-25)10-32(11-20)17-8-26-16(7-27-17)19(34)29-14(3)21(22,23)24/h6-9,14H,4,10-11H2,1-3H3,(H,29,34)(H,30,31)/t14-/m0/s1. The van der Waals surface area contributed by atoms with Crippen molar-refractivity contribution in [3.63, 3.8) is 0 Å². The summed E-state index contributed by atoms with van der Waals surface area (Å²) in [6, 6.07) is 0.213. The van der Waals surface area contributed by atoms with Crippen molar-refractivity contribution in [2.45, 2.75) is 44.9 Å². The minimum Gasteiger partial charge on any atom is -0.350 e. The Balaban J connectivity index is 1.47. The van der Waals surface area contributed by atoms with Crippen LogP contribution in [0.25, 0.3) is 11.1 Å². The Morgan fingerprint density at radius 1 is 1.29 bits per heavy atom. The molecule has 0 radical (unpaired) electrons. The van der Waals surface area contributed by atoms with Crippen LogP contribution < -0.4 is 10.2 Å². The van der Waals surface area contributed by atoms with Crippen LogP contribution in [0.4, 0.5) is 19.0 Å². The molecule has 0 aliphatic carbocycles. The van der Waals surface area contributed by atoms with Gasteiger partial charge in [0.1, 0.15) is 23.1 Å². The van der Waals surface area contributed by atoms with Gasteiger partial charge in [-0.1, -0.05) is 0 Å². The van der Waals surface area contributed by atoms with E-state index in [0.717, 1.165) is 35.6 Å². The lowest BCUT2D eigenvalue weighted by atomic mass is 9.87. The van der Waals surface area contributed by atoms with Crippen LogP contribution in [0.2, 0.25) is 0 Å². The summed E-state index contributed by atoms with van der Waals surface area (Å²) in [4.78, 5) is 22.0. The first kappa shape index (κ1) is 23.2. The molecule has 34 heavy (non-hydrogen) atoms. The highest BCUT2D eigenvalue weighted by Gasteiger charge is 2.46. The number of carbonyl (C=O) groups excluding carboxylic acids is 1. The summed E-state index contributed by atoms with van der Waals surface area (Å²) >= 11 is 0. The summed E-state index contributed by atoms with van der Waals surface area (Å²) in [5.74, 6) is -0.511. The second-order valence-corrected chi connectivity index (χ2v) is 8.39. The van der Waals surface area contributed by atoms with Gasteiger partial charge in [0.05, 0.1) is 36.8 Å². The van der Waals surface area contributed by atoms with Crippen LogP contribution in [-0.2, 0) is 5.54 Å². The predicted molar refractivity (Wildman–Crippen MR) is 115 cm³/mol. The molecule has 0 unspecified atom stereocenters. The van der Waals surface area contributed by atoms with Crippen molar-refractivity contribution < 1.29 is 18.0 Å². The summed E-state index contributed by atoms with van der Waals surface area (Å²) in [6.07, 6.45) is 1.76. The van der Waals surface area contributed by atoms with Crippen molar-refractivity contribution in [2.75, 3.05) is 18.0 Å². The lowest BCUT2D eigenvalue weighted by Gasteiger charge is -2.49. The fraction of sp³-hybridized carbons (Fsp3) is 0.429. The fourth-order valence-corrected chi connectivity index (χ4v) is 3.95. The van der Waals surface area contributed by atoms with Gasteiger partial charge in [-0.3, -0.25) is 14.6 Å². The minimum absolute atomic E-state index is 0.216. The molecular formula is C21H22F3N9O. The second kappa shape index (κ2) is 8.44. The van der Waals surface area contributed by atoms with E-state index < -0.39 is 23.7 Å². The highest BCUT2D eigenvalue weighted by atomic mass is 19.4. The molecule has 4 rings (SSSR count). The van der Waals surface area contributed by atoms with Gasteiger partial charge in [-0.25, -0.2) is 9.97 Å². The Morgan fingerprint density at radius 3 is 2.59 bits per heavy atom. The predicted octanol–water partition coefficient (Wildman–Crippen LogP) is 2.49. The molecule has 10 nitrogen and oxygen atoms in total. The Morgan fingerprint density at radius 2 is 2.03 bits per heavy atom. The number of hydrogen-bond donors (Lipinski definition) is 2. The topological polar surface area (TPSA) is 128 Å². The van der Waals surface area contributed by atoms with E-state index in [9.17, 15) is 23.2 Å². The first-order valence-electron chi connectivity index (χ1n) is 10.4. The van der Waals surface area contributed by atoms with Crippen molar-refractivity contribution in [3.8, 4) is 17.2 Å². The van der Waals surface area contributed by atoms with Crippen molar-refractivity contribution in [3.05, 3.63) is 41.9 Å². The minimum atomic E-state index is -4.55. The number of anilines is 1. The van der Waals surface area contributed by atoms with E-state index in [1.54, 1.807) is 10.9 Å². The molecule has 1 amide bonds. The Hall–Kier alpha value is -3.95. The highest BCUT2D eigenvalue weighted by Crippen LogP contribution is 2.36. The number of nitrogens with one attached hydrogen (secondary N) is 2. The SMILES string of the molecule is Cc1n[nH]c(C)c1-c1cnn(C2(CC#N)CN(c3cnc(C(=O)N[C@@H](C)C(F)(F)F)cn3)C2)c1. The average molecular weight is 473 g/mol. The number of aromatic nitrogens is 6. The lowest BCUT2D eigenvalue weighted by molar-refractivity contribution is -0.149. The molecule has 0 aromatic carbocycles. The van der Waals surface area contributed by atoms with Gasteiger partial charge >= 0.3 is 6.18 Å². The van der Waals surface area contributed by atoms with Crippen LogP contribution in [-0.4, -0.2) is 61.2 Å². The van der Waals surface area contributed by atoms with Gasteiger partial charge in [0, 0.05) is 36.1 Å². The molecule has 1 fully saturated rings. The number of aromatic amines is 1. The molecular weight excluding hydrogens is 451 g/mol. The number of nitrogens with zero attached hydrogens (tertiary/aromatic N) is 7. The maximum Gasteiger partial charge on any atom is 0.408 e. The molecule has 1 aliphatic heterocycles. The largest absolute Gasteiger partial charge is 0.408 e. The summed E-state index contributed by atoms with van der Waals surface area (Å²) < 4.78 is 39.7. The fourth-order valence-electron chi connectivity index (χ4n) is 3.95. The average Bonchev–Trinajstić information content (AvgIpc) is 3.36. The summed E-state index contributed by atoms with van der Waals surface area (Å²) in [5, 5.41) is 22.9. The second-order valence-electron chi connectivity index (χ2n) is 8.39. The van der Waals surface area contributed by atoms with Gasteiger partial charge in [-0.15, -0.1) is 0 Å². The van der Waals surface area contributed by atoms with E-state index in [4.69, 9.17) is 0 Å². The summed E-state index contributed by atoms with van der Waals surface area (Å²) in [7, 11) is 0. The number of halogens is 3. The number of nitriles is 1. The molecule has 0 saturated carbocycles. The van der Waals surface area contributed by atoms with Crippen molar-refractivity contribution in [1.82, 2.24) is 35.3 Å². The zero-order valence-corrected chi connectivity index (χ0v) is 18.7. The first-order chi connectivity index (χ1) is 16.0. The maximum atomic E-state index is 12.7. The molecule has 178 valence electrons. The third kappa shape index (κ3) is 4.18. The molecule has 2 N–H and O–H groups in total. The highest BCUT2D eigenvalue weighted by molar-refractivity contribution is 5.92. The molecule has 4 heterocycles. The van der Waals surface area contributed by atoms with Gasteiger partial charge < -0.3 is 10.2 Å². The van der Waals surface area contributed by atoms with Crippen molar-refractivity contribution in [2.24, 2.45) is 0 Å². The Kier molecular flexibility index (Phi) is 5.76. The third-order valence-corrected chi connectivity index (χ3v) is 5.90. The van der Waals surface area contributed by atoms with E-state index >= 15 is 0 Å². The van der Waals surface area contributed by atoms with Crippen molar-refractivity contribution >= 4 is 11.7 Å². The number of H-pyrrole nitrogens is 1. The van der Waals surface area contributed by atoms with Crippen LogP contribution in [0, 0.1) is 25.2 Å². The monoisotopic (exact) mass is 473 g/mol. The van der Waals surface area contributed by atoms with Crippen LogP contribution in [0.15, 0.2) is 24.8 Å². The smallest absolute Gasteiger partial charge is 0.350 e. The molecule has 3 aromatic rings.